The lowest BCUT2D eigenvalue weighted by molar-refractivity contribution is -0.117. The van der Waals surface area contributed by atoms with Crippen LogP contribution in [0.1, 0.15) is 13.3 Å². The first-order valence-electron chi connectivity index (χ1n) is 6.56. The average Bonchev–Trinajstić information content (AvgIpc) is 3.04. The molecule has 6 heteroatoms. The highest BCUT2D eigenvalue weighted by molar-refractivity contribution is 7.99. The summed E-state index contributed by atoms with van der Waals surface area (Å²) in [6.07, 6.45) is 2.68. The lowest BCUT2D eigenvalue weighted by Crippen LogP contribution is -2.14. The molecular formula is C14H16N4OS. The molecule has 1 aromatic heterocycles. The molecule has 1 aliphatic carbocycles. The molecule has 0 spiro atoms. The third kappa shape index (κ3) is 2.85. The second-order valence-corrected chi connectivity index (χ2v) is 6.20. The Hall–Kier alpha value is -1.82. The molecule has 0 saturated heterocycles. The van der Waals surface area contributed by atoms with Crippen molar-refractivity contribution in [3.8, 4) is 0 Å². The van der Waals surface area contributed by atoms with E-state index in [1.165, 1.54) is 0 Å². The number of nitrogens with one attached hydrogen (secondary N) is 1. The number of carbonyl (C=O) groups excluding carboxylic acids is 1. The van der Waals surface area contributed by atoms with Crippen LogP contribution in [0.3, 0.4) is 0 Å². The van der Waals surface area contributed by atoms with Crippen LogP contribution in [0.25, 0.3) is 0 Å². The minimum Gasteiger partial charge on any atom is -0.326 e. The van der Waals surface area contributed by atoms with Crippen molar-refractivity contribution in [3.63, 3.8) is 0 Å². The van der Waals surface area contributed by atoms with E-state index in [1.807, 2.05) is 35.9 Å². The van der Waals surface area contributed by atoms with Gasteiger partial charge in [0.15, 0.2) is 5.16 Å². The summed E-state index contributed by atoms with van der Waals surface area (Å²) in [7, 11) is 1.91. The second-order valence-electron chi connectivity index (χ2n) is 5.16. The van der Waals surface area contributed by atoms with Gasteiger partial charge in [0.1, 0.15) is 6.33 Å². The van der Waals surface area contributed by atoms with Crippen molar-refractivity contribution in [1.82, 2.24) is 14.8 Å². The van der Waals surface area contributed by atoms with Crippen molar-refractivity contribution in [3.05, 3.63) is 30.6 Å². The van der Waals surface area contributed by atoms with Gasteiger partial charge in [-0.1, -0.05) is 6.92 Å². The zero-order valence-electron chi connectivity index (χ0n) is 11.4. The van der Waals surface area contributed by atoms with Gasteiger partial charge in [0.25, 0.3) is 0 Å². The number of anilines is 1. The monoisotopic (exact) mass is 288 g/mol. The Kier molecular flexibility index (Phi) is 3.48. The largest absolute Gasteiger partial charge is 0.326 e. The van der Waals surface area contributed by atoms with Crippen LogP contribution in [0.2, 0.25) is 0 Å². The first-order chi connectivity index (χ1) is 9.63. The number of rotatable bonds is 4. The van der Waals surface area contributed by atoms with Crippen molar-refractivity contribution in [1.29, 1.82) is 0 Å². The summed E-state index contributed by atoms with van der Waals surface area (Å²) in [5, 5.41) is 11.7. The average molecular weight is 288 g/mol. The standard InChI is InChI=1S/C14H16N4OS/c1-9-7-12(9)13(19)16-10-3-5-11(6-4-10)20-14-17-15-8-18(14)2/h3-6,8-9,12H,7H2,1-2H3,(H,16,19). The Morgan fingerprint density at radius 2 is 2.10 bits per heavy atom. The summed E-state index contributed by atoms with van der Waals surface area (Å²) < 4.78 is 1.87. The summed E-state index contributed by atoms with van der Waals surface area (Å²) in [5.41, 5.74) is 0.844. The molecule has 1 amide bonds. The molecule has 0 radical (unpaired) electrons. The van der Waals surface area contributed by atoms with Crippen LogP contribution < -0.4 is 5.32 Å². The van der Waals surface area contributed by atoms with Crippen LogP contribution in [-0.4, -0.2) is 20.7 Å². The Morgan fingerprint density at radius 3 is 2.65 bits per heavy atom. The fourth-order valence-corrected chi connectivity index (χ4v) is 2.76. The quantitative estimate of drug-likeness (QED) is 0.939. The molecule has 1 aliphatic rings. The van der Waals surface area contributed by atoms with E-state index in [0.29, 0.717) is 5.92 Å². The third-order valence-electron chi connectivity index (χ3n) is 3.45. The number of hydrogen-bond donors (Lipinski definition) is 1. The lowest BCUT2D eigenvalue weighted by atomic mass is 10.3. The number of amides is 1. The maximum atomic E-state index is 11.8. The molecule has 5 nitrogen and oxygen atoms in total. The minimum atomic E-state index is 0.131. The van der Waals surface area contributed by atoms with Gasteiger partial charge < -0.3 is 9.88 Å². The van der Waals surface area contributed by atoms with E-state index in [-0.39, 0.29) is 11.8 Å². The summed E-state index contributed by atoms with van der Waals surface area (Å²) in [4.78, 5) is 12.9. The molecule has 1 N–H and O–H groups in total. The van der Waals surface area contributed by atoms with Gasteiger partial charge in [-0.15, -0.1) is 10.2 Å². The molecule has 2 unspecified atom stereocenters. The van der Waals surface area contributed by atoms with E-state index in [9.17, 15) is 4.79 Å². The van der Waals surface area contributed by atoms with E-state index < -0.39 is 0 Å². The molecule has 1 saturated carbocycles. The van der Waals surface area contributed by atoms with E-state index in [2.05, 4.69) is 22.4 Å². The van der Waals surface area contributed by atoms with Gasteiger partial charge in [-0.25, -0.2) is 0 Å². The van der Waals surface area contributed by atoms with Crippen LogP contribution in [0.5, 0.6) is 0 Å². The van der Waals surface area contributed by atoms with Gasteiger partial charge in [0, 0.05) is 23.5 Å². The lowest BCUT2D eigenvalue weighted by Gasteiger charge is -2.05. The first-order valence-corrected chi connectivity index (χ1v) is 7.38. The van der Waals surface area contributed by atoms with Crippen molar-refractivity contribution in [2.24, 2.45) is 18.9 Å². The summed E-state index contributed by atoms with van der Waals surface area (Å²) in [5.74, 6) is 0.856. The van der Waals surface area contributed by atoms with E-state index in [4.69, 9.17) is 0 Å². The smallest absolute Gasteiger partial charge is 0.227 e. The number of benzene rings is 1. The Balaban J connectivity index is 1.62. The van der Waals surface area contributed by atoms with Crippen LogP contribution in [0.4, 0.5) is 5.69 Å². The summed E-state index contributed by atoms with van der Waals surface area (Å²) in [6, 6.07) is 7.80. The van der Waals surface area contributed by atoms with Gasteiger partial charge in [-0.05, 0) is 48.4 Å². The van der Waals surface area contributed by atoms with E-state index >= 15 is 0 Å². The zero-order chi connectivity index (χ0) is 14.1. The molecule has 3 rings (SSSR count). The molecule has 1 heterocycles. The van der Waals surface area contributed by atoms with E-state index in [1.54, 1.807) is 18.1 Å². The third-order valence-corrected chi connectivity index (χ3v) is 4.51. The van der Waals surface area contributed by atoms with Crippen LogP contribution in [0, 0.1) is 11.8 Å². The predicted molar refractivity (Wildman–Crippen MR) is 77.5 cm³/mol. The molecular weight excluding hydrogens is 272 g/mol. The Morgan fingerprint density at radius 1 is 1.40 bits per heavy atom. The minimum absolute atomic E-state index is 0.131. The molecule has 20 heavy (non-hydrogen) atoms. The van der Waals surface area contributed by atoms with Gasteiger partial charge in [-0.2, -0.15) is 0 Å². The van der Waals surface area contributed by atoms with Crippen molar-refractivity contribution >= 4 is 23.4 Å². The van der Waals surface area contributed by atoms with Gasteiger partial charge in [-0.3, -0.25) is 4.79 Å². The molecule has 2 atom stereocenters. The van der Waals surface area contributed by atoms with Crippen LogP contribution >= 0.6 is 11.8 Å². The number of hydrogen-bond acceptors (Lipinski definition) is 4. The Labute approximate surface area is 121 Å². The fraction of sp³-hybridized carbons (Fsp3) is 0.357. The van der Waals surface area contributed by atoms with Gasteiger partial charge in [0.05, 0.1) is 0 Å². The molecule has 1 aromatic carbocycles. The second kappa shape index (κ2) is 5.28. The number of carbonyl (C=O) groups is 1. The highest BCUT2D eigenvalue weighted by atomic mass is 32.2. The highest BCUT2D eigenvalue weighted by Gasteiger charge is 2.38. The molecule has 0 aliphatic heterocycles. The van der Waals surface area contributed by atoms with Crippen molar-refractivity contribution in [2.45, 2.75) is 23.4 Å². The maximum Gasteiger partial charge on any atom is 0.227 e. The maximum absolute atomic E-state index is 11.8. The zero-order valence-corrected chi connectivity index (χ0v) is 12.2. The molecule has 2 aromatic rings. The summed E-state index contributed by atoms with van der Waals surface area (Å²) in [6.45, 7) is 2.10. The molecule has 1 fully saturated rings. The molecule has 104 valence electrons. The Bertz CT molecular complexity index is 622. The first kappa shape index (κ1) is 13.2. The molecule has 0 bridgehead atoms. The highest BCUT2D eigenvalue weighted by Crippen LogP contribution is 2.38. The fourth-order valence-electron chi connectivity index (χ4n) is 2.00. The summed E-state index contributed by atoms with van der Waals surface area (Å²) >= 11 is 1.54. The predicted octanol–water partition coefficient (Wildman–Crippen LogP) is 2.56. The normalized spacial score (nSPS) is 20.7. The number of aromatic nitrogens is 3. The van der Waals surface area contributed by atoms with Crippen molar-refractivity contribution < 1.29 is 4.79 Å². The topological polar surface area (TPSA) is 59.8 Å². The van der Waals surface area contributed by atoms with Crippen LogP contribution in [0.15, 0.2) is 40.6 Å². The SMILES string of the molecule is CC1CC1C(=O)Nc1ccc(Sc2nncn2C)cc1. The van der Waals surface area contributed by atoms with Crippen molar-refractivity contribution in [2.75, 3.05) is 5.32 Å². The van der Waals surface area contributed by atoms with Gasteiger partial charge >= 0.3 is 0 Å². The van der Waals surface area contributed by atoms with E-state index in [0.717, 1.165) is 22.2 Å². The number of aryl methyl sites for hydroxylation is 1. The van der Waals surface area contributed by atoms with Crippen LogP contribution in [-0.2, 0) is 11.8 Å². The number of nitrogens with zero attached hydrogens (tertiary/aromatic N) is 3. The van der Waals surface area contributed by atoms with Gasteiger partial charge in [0.2, 0.25) is 5.91 Å².